The van der Waals surface area contributed by atoms with Gasteiger partial charge in [-0.1, -0.05) is 0 Å². The minimum Gasteiger partial charge on any atom is -0.491 e. The molecule has 1 aromatic rings. The Morgan fingerprint density at radius 3 is 2.50 bits per heavy atom. The van der Waals surface area contributed by atoms with E-state index >= 15 is 0 Å². The highest BCUT2D eigenvalue weighted by molar-refractivity contribution is 7.89. The minimum atomic E-state index is -3.47. The molecule has 5 nitrogen and oxygen atoms in total. The van der Waals surface area contributed by atoms with Gasteiger partial charge >= 0.3 is 0 Å². The number of sulfonamides is 1. The van der Waals surface area contributed by atoms with Gasteiger partial charge in [0.1, 0.15) is 5.75 Å². The maximum atomic E-state index is 12.2. The van der Waals surface area contributed by atoms with Gasteiger partial charge in [0.25, 0.3) is 0 Å². The van der Waals surface area contributed by atoms with E-state index in [-0.39, 0.29) is 23.1 Å². The average molecular weight is 298 g/mol. The molecular weight excluding hydrogens is 276 g/mol. The summed E-state index contributed by atoms with van der Waals surface area (Å²) in [5.41, 5.74) is 6.48. The van der Waals surface area contributed by atoms with E-state index in [1.807, 2.05) is 20.8 Å². The monoisotopic (exact) mass is 298 g/mol. The SMILES string of the molecule is Cc1cc(S(=O)(=O)NC2CC(N)C2)ccc1OC(C)C. The lowest BCUT2D eigenvalue weighted by atomic mass is 9.89. The summed E-state index contributed by atoms with van der Waals surface area (Å²) in [6.07, 6.45) is 1.46. The summed E-state index contributed by atoms with van der Waals surface area (Å²) in [6.45, 7) is 5.72. The number of nitrogens with one attached hydrogen (secondary N) is 1. The van der Waals surface area contributed by atoms with Crippen LogP contribution in [0.1, 0.15) is 32.3 Å². The van der Waals surface area contributed by atoms with Crippen LogP contribution in [0.25, 0.3) is 0 Å². The zero-order valence-electron chi connectivity index (χ0n) is 12.1. The van der Waals surface area contributed by atoms with Gasteiger partial charge in [-0.25, -0.2) is 13.1 Å². The quantitative estimate of drug-likeness (QED) is 0.864. The molecule has 2 rings (SSSR count). The van der Waals surface area contributed by atoms with Crippen LogP contribution in [0, 0.1) is 6.92 Å². The summed E-state index contributed by atoms with van der Waals surface area (Å²) in [5.74, 6) is 0.713. The molecule has 20 heavy (non-hydrogen) atoms. The maximum absolute atomic E-state index is 12.2. The summed E-state index contributed by atoms with van der Waals surface area (Å²) < 4.78 is 32.8. The Labute approximate surface area is 120 Å². The lowest BCUT2D eigenvalue weighted by Crippen LogP contribution is -2.50. The minimum absolute atomic E-state index is 0.0399. The molecule has 0 bridgehead atoms. The van der Waals surface area contributed by atoms with E-state index in [0.717, 1.165) is 5.56 Å². The molecule has 0 unspecified atom stereocenters. The number of hydrogen-bond acceptors (Lipinski definition) is 4. The fourth-order valence-corrected chi connectivity index (χ4v) is 3.57. The normalized spacial score (nSPS) is 22.6. The van der Waals surface area contributed by atoms with Crippen molar-refractivity contribution in [3.05, 3.63) is 23.8 Å². The van der Waals surface area contributed by atoms with Crippen LogP contribution in [0.5, 0.6) is 5.75 Å². The first-order valence-electron chi connectivity index (χ1n) is 6.83. The Kier molecular flexibility index (Phi) is 4.36. The summed E-state index contributed by atoms with van der Waals surface area (Å²) in [5, 5.41) is 0. The third-order valence-electron chi connectivity index (χ3n) is 3.32. The third-order valence-corrected chi connectivity index (χ3v) is 4.83. The van der Waals surface area contributed by atoms with Crippen molar-refractivity contribution in [3.8, 4) is 5.75 Å². The molecule has 0 amide bonds. The number of rotatable bonds is 5. The summed E-state index contributed by atoms with van der Waals surface area (Å²) in [7, 11) is -3.47. The molecule has 0 aliphatic heterocycles. The largest absolute Gasteiger partial charge is 0.491 e. The van der Waals surface area contributed by atoms with Crippen molar-refractivity contribution < 1.29 is 13.2 Å². The van der Waals surface area contributed by atoms with Crippen LogP contribution >= 0.6 is 0 Å². The van der Waals surface area contributed by atoms with Crippen molar-refractivity contribution in [2.24, 2.45) is 5.73 Å². The molecule has 112 valence electrons. The molecule has 0 radical (unpaired) electrons. The smallest absolute Gasteiger partial charge is 0.240 e. The molecule has 6 heteroatoms. The van der Waals surface area contributed by atoms with Gasteiger partial charge in [0, 0.05) is 12.1 Å². The van der Waals surface area contributed by atoms with E-state index < -0.39 is 10.0 Å². The Bertz CT molecular complexity index is 578. The van der Waals surface area contributed by atoms with Gasteiger partial charge in [-0.3, -0.25) is 0 Å². The molecule has 0 aromatic heterocycles. The van der Waals surface area contributed by atoms with Gasteiger partial charge in [0.05, 0.1) is 11.0 Å². The zero-order valence-corrected chi connectivity index (χ0v) is 12.9. The average Bonchev–Trinajstić information content (AvgIpc) is 2.29. The Morgan fingerprint density at radius 1 is 1.35 bits per heavy atom. The lowest BCUT2D eigenvalue weighted by Gasteiger charge is -2.32. The first-order chi connectivity index (χ1) is 9.28. The van der Waals surface area contributed by atoms with Crippen molar-refractivity contribution in [1.82, 2.24) is 4.72 Å². The van der Waals surface area contributed by atoms with Crippen LogP contribution in [0.2, 0.25) is 0 Å². The van der Waals surface area contributed by atoms with Crippen LogP contribution in [0.3, 0.4) is 0 Å². The standard InChI is InChI=1S/C14H22N2O3S/c1-9(2)19-14-5-4-13(6-10(14)3)20(17,18)16-12-7-11(15)8-12/h4-6,9,11-12,16H,7-8,15H2,1-3H3. The molecule has 0 atom stereocenters. The van der Waals surface area contributed by atoms with Crippen molar-refractivity contribution >= 4 is 10.0 Å². The van der Waals surface area contributed by atoms with E-state index in [2.05, 4.69) is 4.72 Å². The highest BCUT2D eigenvalue weighted by Crippen LogP contribution is 2.25. The first-order valence-corrected chi connectivity index (χ1v) is 8.31. The maximum Gasteiger partial charge on any atom is 0.240 e. The van der Waals surface area contributed by atoms with E-state index in [4.69, 9.17) is 10.5 Å². The highest BCUT2D eigenvalue weighted by atomic mass is 32.2. The molecule has 0 heterocycles. The van der Waals surface area contributed by atoms with Gasteiger partial charge in [0.2, 0.25) is 10.0 Å². The second-order valence-electron chi connectivity index (χ2n) is 5.64. The predicted molar refractivity (Wildman–Crippen MR) is 78.3 cm³/mol. The molecule has 1 aliphatic rings. The van der Waals surface area contributed by atoms with Crippen LogP contribution in [-0.2, 0) is 10.0 Å². The molecule has 0 saturated heterocycles. The van der Waals surface area contributed by atoms with E-state index in [0.29, 0.717) is 18.6 Å². The molecule has 3 N–H and O–H groups in total. The van der Waals surface area contributed by atoms with Crippen LogP contribution in [0.15, 0.2) is 23.1 Å². The number of ether oxygens (including phenoxy) is 1. The van der Waals surface area contributed by atoms with Gasteiger partial charge in [-0.05, 0) is 57.4 Å². The van der Waals surface area contributed by atoms with Gasteiger partial charge in [0.15, 0.2) is 0 Å². The zero-order chi connectivity index (χ0) is 14.9. The van der Waals surface area contributed by atoms with Gasteiger partial charge < -0.3 is 10.5 Å². The van der Waals surface area contributed by atoms with Crippen LogP contribution in [-0.4, -0.2) is 26.6 Å². The summed E-state index contributed by atoms with van der Waals surface area (Å²) in [4.78, 5) is 0.270. The number of aryl methyl sites for hydroxylation is 1. The van der Waals surface area contributed by atoms with Crippen molar-refractivity contribution in [3.63, 3.8) is 0 Å². The van der Waals surface area contributed by atoms with Crippen molar-refractivity contribution in [2.75, 3.05) is 0 Å². The molecule has 1 saturated carbocycles. The van der Waals surface area contributed by atoms with Crippen molar-refractivity contribution in [2.45, 2.75) is 56.7 Å². The van der Waals surface area contributed by atoms with E-state index in [1.165, 1.54) is 0 Å². The fraction of sp³-hybridized carbons (Fsp3) is 0.571. The molecular formula is C14H22N2O3S. The summed E-state index contributed by atoms with van der Waals surface area (Å²) in [6, 6.07) is 4.99. The third kappa shape index (κ3) is 3.50. The van der Waals surface area contributed by atoms with Gasteiger partial charge in [-0.15, -0.1) is 0 Å². The predicted octanol–water partition coefficient (Wildman–Crippen LogP) is 1.55. The number of nitrogens with two attached hydrogens (primary N) is 1. The Balaban J connectivity index is 2.13. The number of hydrogen-bond donors (Lipinski definition) is 2. The second kappa shape index (κ2) is 5.71. The molecule has 0 spiro atoms. The summed E-state index contributed by atoms with van der Waals surface area (Å²) >= 11 is 0. The van der Waals surface area contributed by atoms with Crippen molar-refractivity contribution in [1.29, 1.82) is 0 Å². The molecule has 1 aliphatic carbocycles. The van der Waals surface area contributed by atoms with E-state index in [9.17, 15) is 8.42 Å². The Hall–Kier alpha value is -1.11. The van der Waals surface area contributed by atoms with Crippen LogP contribution in [0.4, 0.5) is 0 Å². The topological polar surface area (TPSA) is 81.4 Å². The van der Waals surface area contributed by atoms with Gasteiger partial charge in [-0.2, -0.15) is 0 Å². The highest BCUT2D eigenvalue weighted by Gasteiger charge is 2.30. The number of benzene rings is 1. The Morgan fingerprint density at radius 2 is 2.00 bits per heavy atom. The first kappa shape index (κ1) is 15.3. The lowest BCUT2D eigenvalue weighted by molar-refractivity contribution is 0.240. The molecule has 1 aromatic carbocycles. The second-order valence-corrected chi connectivity index (χ2v) is 7.36. The fourth-order valence-electron chi connectivity index (χ4n) is 2.22. The van der Waals surface area contributed by atoms with Crippen LogP contribution < -0.4 is 15.2 Å². The van der Waals surface area contributed by atoms with E-state index in [1.54, 1.807) is 18.2 Å². The molecule has 1 fully saturated rings.